The van der Waals surface area contributed by atoms with Crippen LogP contribution in [0.1, 0.15) is 0 Å². The Morgan fingerprint density at radius 2 is 2.38 bits per heavy atom. The van der Waals surface area contributed by atoms with E-state index in [0.717, 1.165) is 16.4 Å². The summed E-state index contributed by atoms with van der Waals surface area (Å²) in [6.07, 6.45) is 0. The quantitative estimate of drug-likeness (QED) is 0.478. The topological polar surface area (TPSA) is 17.1 Å². The van der Waals surface area contributed by atoms with Crippen LogP contribution in [0.3, 0.4) is 0 Å². The van der Waals surface area contributed by atoms with E-state index >= 15 is 0 Å². The summed E-state index contributed by atoms with van der Waals surface area (Å²) >= 11 is 3.44. The summed E-state index contributed by atoms with van der Waals surface area (Å²) in [6, 6.07) is 0. The van der Waals surface area contributed by atoms with Crippen molar-refractivity contribution in [3.8, 4) is 0 Å². The van der Waals surface area contributed by atoms with E-state index in [0.29, 0.717) is 0 Å². The largest absolute Gasteiger partial charge is 0.233 e. The van der Waals surface area contributed by atoms with Gasteiger partial charge >= 0.3 is 0 Å². The molecule has 1 aliphatic heterocycles. The number of hydrogen-bond acceptors (Lipinski definition) is 3. The minimum atomic E-state index is 0.876. The summed E-state index contributed by atoms with van der Waals surface area (Å²) in [4.78, 5) is 10.8. The molecule has 3 heteroatoms. The van der Waals surface area contributed by atoms with Crippen LogP contribution in [-0.4, -0.2) is 23.2 Å². The molecule has 0 aromatic carbocycles. The Morgan fingerprint density at radius 3 is 2.75 bits per heavy atom. The minimum absolute atomic E-state index is 0.876. The average Bonchev–Trinajstić information content (AvgIpc) is 1.90. The van der Waals surface area contributed by atoms with Crippen LogP contribution in [0, 0.1) is 0 Å². The Morgan fingerprint density at radius 1 is 1.50 bits per heavy atom. The van der Waals surface area contributed by atoms with Gasteiger partial charge in [-0.2, -0.15) is 11.8 Å². The van der Waals surface area contributed by atoms with Crippen LogP contribution < -0.4 is 0 Å². The number of hydrogen-bond donors (Lipinski definition) is 0. The Kier molecular flexibility index (Phi) is 2.53. The fourth-order valence-corrected chi connectivity index (χ4v) is 2.57. The van der Waals surface area contributed by atoms with Crippen LogP contribution in [0.5, 0.6) is 0 Å². The smallest absolute Gasteiger partial charge is 0.135 e. The molecule has 8 heavy (non-hydrogen) atoms. The van der Waals surface area contributed by atoms with Gasteiger partial charge in [0.05, 0.1) is 4.91 Å². The molecule has 0 bridgehead atoms. The molecule has 0 unspecified atom stereocenters. The molecule has 0 aromatic heterocycles. The summed E-state index contributed by atoms with van der Waals surface area (Å²) < 4.78 is 0. The van der Waals surface area contributed by atoms with Crippen molar-refractivity contribution >= 4 is 29.5 Å². The van der Waals surface area contributed by atoms with Gasteiger partial charge in [-0.1, -0.05) is 0 Å². The third kappa shape index (κ3) is 1.58. The second-order valence-corrected chi connectivity index (χ2v) is 3.72. The van der Waals surface area contributed by atoms with E-state index in [4.69, 9.17) is 0 Å². The van der Waals surface area contributed by atoms with Gasteiger partial charge in [-0.3, -0.25) is 0 Å². The number of rotatable bonds is 0. The first kappa shape index (κ1) is 6.27. The van der Waals surface area contributed by atoms with Crippen LogP contribution in [0.2, 0.25) is 0 Å². The minimum Gasteiger partial charge on any atom is -0.233 e. The molecular formula is C5H6OS2. The third-order valence-corrected chi connectivity index (χ3v) is 3.26. The van der Waals surface area contributed by atoms with Gasteiger partial charge < -0.3 is 0 Å². The molecule has 1 fully saturated rings. The highest BCUT2D eigenvalue weighted by Crippen LogP contribution is 2.24. The molecular weight excluding hydrogens is 140 g/mol. The molecule has 44 valence electrons. The lowest BCUT2D eigenvalue weighted by atomic mass is 10.7. The van der Waals surface area contributed by atoms with Crippen molar-refractivity contribution in [2.24, 2.45) is 0 Å². The molecule has 0 N–H and O–H groups in total. The molecule has 0 spiro atoms. The van der Waals surface area contributed by atoms with Gasteiger partial charge in [0.1, 0.15) is 5.94 Å². The molecule has 1 rings (SSSR count). The van der Waals surface area contributed by atoms with E-state index in [1.807, 2.05) is 17.7 Å². The second-order valence-electron chi connectivity index (χ2n) is 1.43. The molecule has 1 saturated heterocycles. The van der Waals surface area contributed by atoms with E-state index < -0.39 is 0 Å². The predicted molar refractivity (Wildman–Crippen MR) is 39.0 cm³/mol. The Bertz CT molecular complexity index is 118. The normalized spacial score (nSPS) is 20.2. The molecule has 0 radical (unpaired) electrons. The highest BCUT2D eigenvalue weighted by Gasteiger charge is 2.05. The summed E-state index contributed by atoms with van der Waals surface area (Å²) in [6.45, 7) is 0. The maximum atomic E-state index is 9.96. The lowest BCUT2D eigenvalue weighted by Crippen LogP contribution is -1.97. The fraction of sp³-hybridized carbons (Fsp3) is 0.600. The SMILES string of the molecule is O=C=C1CSCCS1. The van der Waals surface area contributed by atoms with Crippen molar-refractivity contribution in [1.82, 2.24) is 0 Å². The van der Waals surface area contributed by atoms with Gasteiger partial charge in [0, 0.05) is 17.3 Å². The van der Waals surface area contributed by atoms with Gasteiger partial charge in [0.25, 0.3) is 0 Å². The molecule has 0 saturated carbocycles. The number of carbonyl (C=O) groups excluding carboxylic acids is 1. The lowest BCUT2D eigenvalue weighted by Gasteiger charge is -2.07. The Balaban J connectivity index is 2.45. The third-order valence-electron chi connectivity index (χ3n) is 0.851. The van der Waals surface area contributed by atoms with Gasteiger partial charge in [-0.05, 0) is 0 Å². The van der Waals surface area contributed by atoms with Gasteiger partial charge in [-0.25, -0.2) is 4.79 Å². The molecule has 1 nitrogen and oxygen atoms in total. The first-order chi connectivity index (χ1) is 3.93. The zero-order chi connectivity index (χ0) is 5.82. The van der Waals surface area contributed by atoms with Crippen LogP contribution >= 0.6 is 23.5 Å². The lowest BCUT2D eigenvalue weighted by molar-refractivity contribution is 0.568. The van der Waals surface area contributed by atoms with Crippen molar-refractivity contribution in [3.05, 3.63) is 4.91 Å². The van der Waals surface area contributed by atoms with Gasteiger partial charge in [0.2, 0.25) is 0 Å². The Hall–Kier alpha value is 0.150. The van der Waals surface area contributed by atoms with E-state index in [2.05, 4.69) is 0 Å². The maximum absolute atomic E-state index is 9.96. The zero-order valence-electron chi connectivity index (χ0n) is 4.35. The van der Waals surface area contributed by atoms with E-state index in [1.165, 1.54) is 5.75 Å². The number of thioether (sulfide) groups is 2. The summed E-state index contributed by atoms with van der Waals surface area (Å²) in [5.41, 5.74) is 0. The first-order valence-electron chi connectivity index (χ1n) is 2.38. The summed E-state index contributed by atoms with van der Waals surface area (Å²) in [5.74, 6) is 5.05. The maximum Gasteiger partial charge on any atom is 0.135 e. The van der Waals surface area contributed by atoms with E-state index in [1.54, 1.807) is 11.8 Å². The molecule has 0 amide bonds. The standard InChI is InChI=1S/C5H6OS2/c6-3-5-4-7-1-2-8-5/h1-2,4H2. The predicted octanol–water partition coefficient (Wildman–Crippen LogP) is 1.18. The van der Waals surface area contributed by atoms with Crippen LogP contribution in [0.25, 0.3) is 0 Å². The molecule has 0 aliphatic carbocycles. The van der Waals surface area contributed by atoms with Crippen LogP contribution in [0.15, 0.2) is 4.91 Å². The van der Waals surface area contributed by atoms with Gasteiger partial charge in [0.15, 0.2) is 0 Å². The summed E-state index contributed by atoms with van der Waals surface area (Å²) in [5, 5.41) is 0. The van der Waals surface area contributed by atoms with Crippen molar-refractivity contribution in [2.45, 2.75) is 0 Å². The monoisotopic (exact) mass is 146 g/mol. The van der Waals surface area contributed by atoms with Crippen molar-refractivity contribution in [1.29, 1.82) is 0 Å². The zero-order valence-corrected chi connectivity index (χ0v) is 5.98. The molecule has 0 atom stereocenters. The van der Waals surface area contributed by atoms with E-state index in [9.17, 15) is 4.79 Å². The van der Waals surface area contributed by atoms with Crippen molar-refractivity contribution in [2.75, 3.05) is 17.3 Å². The molecule has 1 aliphatic rings. The molecule has 1 heterocycles. The highest BCUT2D eigenvalue weighted by atomic mass is 32.2. The summed E-state index contributed by atoms with van der Waals surface area (Å²) in [7, 11) is 0. The Labute approximate surface area is 56.9 Å². The first-order valence-corrected chi connectivity index (χ1v) is 4.52. The van der Waals surface area contributed by atoms with Crippen molar-refractivity contribution in [3.63, 3.8) is 0 Å². The fourth-order valence-electron chi connectivity index (χ4n) is 0.489. The van der Waals surface area contributed by atoms with Crippen LogP contribution in [-0.2, 0) is 4.79 Å². The van der Waals surface area contributed by atoms with Gasteiger partial charge in [-0.15, -0.1) is 11.8 Å². The average molecular weight is 146 g/mol. The second kappa shape index (κ2) is 3.23. The highest BCUT2D eigenvalue weighted by molar-refractivity contribution is 8.09. The molecule has 0 aromatic rings. The van der Waals surface area contributed by atoms with Crippen molar-refractivity contribution < 1.29 is 4.79 Å². The van der Waals surface area contributed by atoms with Crippen LogP contribution in [0.4, 0.5) is 0 Å². The van der Waals surface area contributed by atoms with E-state index in [-0.39, 0.29) is 0 Å².